The molecule has 0 saturated carbocycles. The average Bonchev–Trinajstić information content (AvgIpc) is 3.04. The van der Waals surface area contributed by atoms with Gasteiger partial charge in [0.25, 0.3) is 5.91 Å². The summed E-state index contributed by atoms with van der Waals surface area (Å²) < 4.78 is 0. The second-order valence-electron chi connectivity index (χ2n) is 7.72. The van der Waals surface area contributed by atoms with Crippen molar-refractivity contribution in [3.8, 4) is 0 Å². The van der Waals surface area contributed by atoms with Gasteiger partial charge < -0.3 is 10.6 Å². The van der Waals surface area contributed by atoms with E-state index < -0.39 is 0 Å². The Labute approximate surface area is 171 Å². The van der Waals surface area contributed by atoms with Gasteiger partial charge in [-0.3, -0.25) is 9.59 Å². The smallest absolute Gasteiger partial charge is 0.252 e. The van der Waals surface area contributed by atoms with Crippen LogP contribution in [-0.4, -0.2) is 31.3 Å². The normalized spacial score (nSPS) is 17.6. The summed E-state index contributed by atoms with van der Waals surface area (Å²) >= 11 is 1.67. The van der Waals surface area contributed by atoms with Gasteiger partial charge in [-0.25, -0.2) is 0 Å². The van der Waals surface area contributed by atoms with Gasteiger partial charge in [0, 0.05) is 28.8 Å². The summed E-state index contributed by atoms with van der Waals surface area (Å²) in [6.45, 7) is 10.5. The highest BCUT2D eigenvalue weighted by Gasteiger charge is 2.21. The minimum absolute atomic E-state index is 0.0925. The first-order chi connectivity index (χ1) is 13.4. The Balaban J connectivity index is 1.77. The fraction of sp³-hybridized carbons (Fsp3) is 0.478. The third kappa shape index (κ3) is 4.36. The Hall–Kier alpha value is -1.98. The second-order valence-corrected chi connectivity index (χ2v) is 8.60. The van der Waals surface area contributed by atoms with Crippen LogP contribution in [0.3, 0.4) is 0 Å². The first kappa shape index (κ1) is 20.7. The lowest BCUT2D eigenvalue weighted by atomic mass is 9.92. The lowest BCUT2D eigenvalue weighted by Gasteiger charge is -2.20. The van der Waals surface area contributed by atoms with Crippen molar-refractivity contribution in [2.75, 3.05) is 19.6 Å². The molecule has 4 nitrogen and oxygen atoms in total. The van der Waals surface area contributed by atoms with Crippen LogP contribution in [0.5, 0.6) is 0 Å². The Kier molecular flexibility index (Phi) is 6.68. The number of amides is 1. The van der Waals surface area contributed by atoms with E-state index in [4.69, 9.17) is 0 Å². The van der Waals surface area contributed by atoms with Crippen LogP contribution in [0.15, 0.2) is 33.7 Å². The number of rotatable bonds is 5. The Morgan fingerprint density at radius 1 is 1.21 bits per heavy atom. The van der Waals surface area contributed by atoms with Crippen LogP contribution in [0.4, 0.5) is 0 Å². The van der Waals surface area contributed by atoms with Gasteiger partial charge in [0.15, 0.2) is 5.78 Å². The Morgan fingerprint density at radius 2 is 1.93 bits per heavy atom. The zero-order valence-electron chi connectivity index (χ0n) is 17.3. The van der Waals surface area contributed by atoms with E-state index in [1.807, 2.05) is 32.2 Å². The average molecular weight is 399 g/mol. The van der Waals surface area contributed by atoms with Crippen LogP contribution >= 0.6 is 11.3 Å². The number of hydrogen-bond acceptors (Lipinski definition) is 4. The maximum Gasteiger partial charge on any atom is 0.252 e. The van der Waals surface area contributed by atoms with Crippen LogP contribution in [0.25, 0.3) is 5.57 Å². The van der Waals surface area contributed by atoms with Gasteiger partial charge in [-0.2, -0.15) is 0 Å². The van der Waals surface area contributed by atoms with Crippen LogP contribution in [0.2, 0.25) is 0 Å². The molecule has 2 aliphatic rings. The molecule has 1 aromatic heterocycles. The fourth-order valence-corrected chi connectivity index (χ4v) is 5.37. The Bertz CT molecular complexity index is 878. The number of piperidine rings is 1. The van der Waals surface area contributed by atoms with Crippen molar-refractivity contribution in [1.82, 2.24) is 10.6 Å². The van der Waals surface area contributed by atoms with E-state index in [1.54, 1.807) is 11.3 Å². The molecule has 0 spiro atoms. The minimum Gasteiger partial charge on any atom is -0.348 e. The SMILES string of the molecule is CCC(=C1CCNCC1)c1scc(C(=O)NCC2=C(C)C=C(C)CC2=O)c1C. The molecule has 2 heterocycles. The van der Waals surface area contributed by atoms with Crippen LogP contribution in [0.1, 0.15) is 67.3 Å². The van der Waals surface area contributed by atoms with E-state index in [1.165, 1.54) is 16.0 Å². The quantitative estimate of drug-likeness (QED) is 0.764. The number of hydrogen-bond donors (Lipinski definition) is 2. The number of nitrogens with one attached hydrogen (secondary N) is 2. The highest BCUT2D eigenvalue weighted by atomic mass is 32.1. The van der Waals surface area contributed by atoms with E-state index in [-0.39, 0.29) is 11.7 Å². The van der Waals surface area contributed by atoms with Crippen molar-refractivity contribution in [1.29, 1.82) is 0 Å². The van der Waals surface area contributed by atoms with Crippen molar-refractivity contribution in [2.24, 2.45) is 0 Å². The molecule has 1 amide bonds. The lowest BCUT2D eigenvalue weighted by Crippen LogP contribution is -2.29. The molecule has 3 rings (SSSR count). The first-order valence-corrected chi connectivity index (χ1v) is 11.0. The molecule has 5 heteroatoms. The van der Waals surface area contributed by atoms with Crippen molar-refractivity contribution < 1.29 is 9.59 Å². The molecule has 1 aromatic rings. The maximum atomic E-state index is 12.8. The molecule has 0 unspecified atom stereocenters. The number of ketones is 1. The summed E-state index contributed by atoms with van der Waals surface area (Å²) in [4.78, 5) is 26.3. The van der Waals surface area contributed by atoms with Crippen LogP contribution in [0, 0.1) is 6.92 Å². The lowest BCUT2D eigenvalue weighted by molar-refractivity contribution is -0.115. The standard InChI is InChI=1S/C23H30N2O2S/c1-5-18(17-6-8-24-9-7-17)22-16(4)20(13-28-22)23(27)25-12-19-15(3)10-14(2)11-21(19)26/h10,13,24H,5-9,11-12H2,1-4H3,(H,25,27). The predicted octanol–water partition coefficient (Wildman–Crippen LogP) is 4.57. The second kappa shape index (κ2) is 9.01. The van der Waals surface area contributed by atoms with Gasteiger partial charge >= 0.3 is 0 Å². The third-order valence-electron chi connectivity index (χ3n) is 5.69. The zero-order chi connectivity index (χ0) is 20.3. The molecule has 0 aromatic carbocycles. The molecule has 0 radical (unpaired) electrons. The van der Waals surface area contributed by atoms with Gasteiger partial charge in [0.05, 0.1) is 5.56 Å². The van der Waals surface area contributed by atoms with Gasteiger partial charge in [0.2, 0.25) is 0 Å². The molecule has 1 fully saturated rings. The topological polar surface area (TPSA) is 58.2 Å². The first-order valence-electron chi connectivity index (χ1n) is 10.1. The van der Waals surface area contributed by atoms with Gasteiger partial charge in [-0.1, -0.05) is 24.1 Å². The van der Waals surface area contributed by atoms with Crippen LogP contribution < -0.4 is 10.6 Å². The molecular weight excluding hydrogens is 368 g/mol. The molecule has 1 aliphatic carbocycles. The van der Waals surface area contributed by atoms with E-state index in [0.29, 0.717) is 13.0 Å². The minimum atomic E-state index is -0.0925. The largest absolute Gasteiger partial charge is 0.348 e. The summed E-state index contributed by atoms with van der Waals surface area (Å²) in [7, 11) is 0. The molecule has 2 N–H and O–H groups in total. The molecule has 150 valence electrons. The number of carbonyl (C=O) groups is 2. The summed E-state index contributed by atoms with van der Waals surface area (Å²) in [5.74, 6) is 0.0228. The highest BCUT2D eigenvalue weighted by Crippen LogP contribution is 2.35. The summed E-state index contributed by atoms with van der Waals surface area (Å²) in [5.41, 5.74) is 7.47. The third-order valence-corrected chi connectivity index (χ3v) is 6.83. The fourth-order valence-electron chi connectivity index (χ4n) is 4.13. The monoisotopic (exact) mass is 398 g/mol. The highest BCUT2D eigenvalue weighted by molar-refractivity contribution is 7.11. The van der Waals surface area contributed by atoms with E-state index in [9.17, 15) is 9.59 Å². The summed E-state index contributed by atoms with van der Waals surface area (Å²) in [5, 5.41) is 8.34. The van der Waals surface area contributed by atoms with Crippen molar-refractivity contribution in [3.05, 3.63) is 49.8 Å². The molecule has 28 heavy (non-hydrogen) atoms. The zero-order valence-corrected chi connectivity index (χ0v) is 18.1. The molecule has 0 bridgehead atoms. The molecule has 1 aliphatic heterocycles. The van der Waals surface area contributed by atoms with Gasteiger partial charge in [-0.05, 0) is 69.8 Å². The summed E-state index contributed by atoms with van der Waals surface area (Å²) in [6, 6.07) is 0. The van der Waals surface area contributed by atoms with Gasteiger partial charge in [0.1, 0.15) is 0 Å². The Morgan fingerprint density at radius 3 is 2.57 bits per heavy atom. The molecular formula is C23H30N2O2S. The molecule has 1 saturated heterocycles. The van der Waals surface area contributed by atoms with E-state index in [2.05, 4.69) is 17.6 Å². The number of thiophene rings is 1. The maximum absolute atomic E-state index is 12.8. The van der Waals surface area contributed by atoms with Crippen molar-refractivity contribution in [3.63, 3.8) is 0 Å². The van der Waals surface area contributed by atoms with E-state index in [0.717, 1.165) is 60.2 Å². The number of carbonyl (C=O) groups excluding carboxylic acids is 2. The van der Waals surface area contributed by atoms with Gasteiger partial charge in [-0.15, -0.1) is 11.3 Å². The van der Waals surface area contributed by atoms with Crippen molar-refractivity contribution in [2.45, 2.75) is 53.4 Å². The number of Topliss-reactive ketones (excluding diaryl/α,β-unsaturated/α-hetero) is 1. The summed E-state index contributed by atoms with van der Waals surface area (Å²) in [6.07, 6.45) is 5.65. The van der Waals surface area contributed by atoms with Crippen LogP contribution in [-0.2, 0) is 4.79 Å². The molecule has 0 atom stereocenters. The number of allylic oxidation sites excluding steroid dienone is 4. The van der Waals surface area contributed by atoms with Crippen molar-refractivity contribution >= 4 is 28.6 Å². The van der Waals surface area contributed by atoms with E-state index >= 15 is 0 Å². The predicted molar refractivity (Wildman–Crippen MR) is 117 cm³/mol.